The van der Waals surface area contributed by atoms with E-state index in [1.54, 1.807) is 11.8 Å². The molecule has 1 aliphatic rings. The maximum Gasteiger partial charge on any atom is 0.230 e. The third kappa shape index (κ3) is 9.14. The lowest BCUT2D eigenvalue weighted by Crippen LogP contribution is -2.40. The van der Waals surface area contributed by atoms with Gasteiger partial charge < -0.3 is 16.0 Å². The molecule has 1 rings (SSSR count). The molecule has 3 N–H and O–H groups in total. The number of carbonyl (C=O) groups is 1. The lowest BCUT2D eigenvalue weighted by atomic mass is 10.0. The molecule has 1 saturated carbocycles. The van der Waals surface area contributed by atoms with Crippen molar-refractivity contribution in [3.8, 4) is 0 Å². The Morgan fingerprint density at radius 1 is 1.29 bits per heavy atom. The maximum atomic E-state index is 11.9. The molecule has 0 heterocycles. The summed E-state index contributed by atoms with van der Waals surface area (Å²) >= 11 is 1.73. The van der Waals surface area contributed by atoms with Gasteiger partial charge in [0.25, 0.3) is 0 Å². The second-order valence-electron chi connectivity index (χ2n) is 5.18. The molecule has 128 valence electrons. The van der Waals surface area contributed by atoms with Crippen molar-refractivity contribution in [1.29, 1.82) is 0 Å². The minimum atomic E-state index is 0. The first-order valence-electron chi connectivity index (χ1n) is 7.50. The Bertz CT molecular complexity index is 269. The number of halogens is 2. The SMILES string of the molecule is CCN(CC)CCSCC(=O)NC1CCCC1CN.Cl.Cl. The van der Waals surface area contributed by atoms with Crippen LogP contribution in [0.1, 0.15) is 33.1 Å². The van der Waals surface area contributed by atoms with Gasteiger partial charge in [0.1, 0.15) is 0 Å². The Labute approximate surface area is 146 Å². The molecule has 21 heavy (non-hydrogen) atoms. The number of hydrogen-bond acceptors (Lipinski definition) is 4. The highest BCUT2D eigenvalue weighted by Gasteiger charge is 2.26. The molecule has 1 amide bonds. The smallest absolute Gasteiger partial charge is 0.230 e. The number of thioether (sulfide) groups is 1. The summed E-state index contributed by atoms with van der Waals surface area (Å²) in [6.45, 7) is 8.29. The number of hydrogen-bond donors (Lipinski definition) is 2. The summed E-state index contributed by atoms with van der Waals surface area (Å²) in [7, 11) is 0. The van der Waals surface area contributed by atoms with Crippen LogP contribution in [0.3, 0.4) is 0 Å². The molecule has 1 aliphatic carbocycles. The molecular weight excluding hydrogens is 329 g/mol. The van der Waals surface area contributed by atoms with Crippen LogP contribution < -0.4 is 11.1 Å². The quantitative estimate of drug-likeness (QED) is 0.619. The molecule has 0 aromatic rings. The van der Waals surface area contributed by atoms with E-state index in [2.05, 4.69) is 24.1 Å². The van der Waals surface area contributed by atoms with Gasteiger partial charge in [-0.3, -0.25) is 4.79 Å². The highest BCUT2D eigenvalue weighted by atomic mass is 35.5. The van der Waals surface area contributed by atoms with Crippen molar-refractivity contribution < 1.29 is 4.79 Å². The van der Waals surface area contributed by atoms with Gasteiger partial charge in [-0.2, -0.15) is 11.8 Å². The zero-order valence-electron chi connectivity index (χ0n) is 13.2. The van der Waals surface area contributed by atoms with Gasteiger partial charge >= 0.3 is 0 Å². The number of nitrogens with one attached hydrogen (secondary N) is 1. The van der Waals surface area contributed by atoms with E-state index in [1.807, 2.05) is 0 Å². The van der Waals surface area contributed by atoms with E-state index >= 15 is 0 Å². The van der Waals surface area contributed by atoms with E-state index in [1.165, 1.54) is 6.42 Å². The van der Waals surface area contributed by atoms with Crippen molar-refractivity contribution in [3.63, 3.8) is 0 Å². The van der Waals surface area contributed by atoms with E-state index in [9.17, 15) is 4.79 Å². The van der Waals surface area contributed by atoms with Crippen LogP contribution in [0.5, 0.6) is 0 Å². The van der Waals surface area contributed by atoms with Gasteiger partial charge in [-0.05, 0) is 38.4 Å². The fourth-order valence-corrected chi connectivity index (χ4v) is 3.46. The minimum Gasteiger partial charge on any atom is -0.352 e. The average molecular weight is 360 g/mol. The number of nitrogens with zero attached hydrogens (tertiary/aromatic N) is 1. The Morgan fingerprint density at radius 3 is 2.52 bits per heavy atom. The molecule has 0 saturated heterocycles. The Kier molecular flexibility index (Phi) is 15.7. The van der Waals surface area contributed by atoms with Gasteiger partial charge in [0, 0.05) is 18.3 Å². The highest BCUT2D eigenvalue weighted by molar-refractivity contribution is 7.99. The number of carbonyl (C=O) groups excluding carboxylic acids is 1. The van der Waals surface area contributed by atoms with Crippen LogP contribution in [0.15, 0.2) is 0 Å². The van der Waals surface area contributed by atoms with E-state index in [0.717, 1.165) is 38.2 Å². The molecule has 7 heteroatoms. The second kappa shape index (κ2) is 13.9. The first kappa shape index (κ1) is 23.6. The first-order chi connectivity index (χ1) is 9.21. The fraction of sp³-hybridized carbons (Fsp3) is 0.929. The van der Waals surface area contributed by atoms with E-state index < -0.39 is 0 Å². The van der Waals surface area contributed by atoms with Crippen LogP contribution >= 0.6 is 36.6 Å². The summed E-state index contributed by atoms with van der Waals surface area (Å²) in [5.74, 6) is 2.27. The van der Waals surface area contributed by atoms with E-state index in [-0.39, 0.29) is 30.7 Å². The minimum absolute atomic E-state index is 0. The van der Waals surface area contributed by atoms with Crippen LogP contribution in [0.2, 0.25) is 0 Å². The van der Waals surface area contributed by atoms with Crippen LogP contribution in [0, 0.1) is 5.92 Å². The standard InChI is InChI=1S/C14H29N3OS.2ClH/c1-3-17(4-2)8-9-19-11-14(18)16-13-7-5-6-12(13)10-15;;/h12-13H,3-11,15H2,1-2H3,(H,16,18);2*1H. The molecule has 0 bridgehead atoms. The molecule has 0 aromatic heterocycles. The molecule has 0 aliphatic heterocycles. The fourth-order valence-electron chi connectivity index (χ4n) is 2.66. The van der Waals surface area contributed by atoms with Crippen molar-refractivity contribution in [1.82, 2.24) is 10.2 Å². The molecule has 2 unspecified atom stereocenters. The van der Waals surface area contributed by atoms with Crippen LogP contribution in [0.25, 0.3) is 0 Å². The lowest BCUT2D eigenvalue weighted by molar-refractivity contribution is -0.119. The molecule has 0 aromatic carbocycles. The zero-order chi connectivity index (χ0) is 14.1. The van der Waals surface area contributed by atoms with Crippen molar-refractivity contribution in [2.45, 2.75) is 39.2 Å². The van der Waals surface area contributed by atoms with Gasteiger partial charge in [0.05, 0.1) is 5.75 Å². The Hall–Kier alpha value is 0.320. The van der Waals surface area contributed by atoms with Gasteiger partial charge in [-0.25, -0.2) is 0 Å². The third-order valence-corrected chi connectivity index (χ3v) is 4.93. The van der Waals surface area contributed by atoms with E-state index in [4.69, 9.17) is 5.73 Å². The summed E-state index contributed by atoms with van der Waals surface area (Å²) in [6.07, 6.45) is 3.45. The third-order valence-electron chi connectivity index (χ3n) is 3.99. The summed E-state index contributed by atoms with van der Waals surface area (Å²) in [5.41, 5.74) is 5.72. The van der Waals surface area contributed by atoms with Gasteiger partial charge in [0.2, 0.25) is 5.91 Å². The highest BCUT2D eigenvalue weighted by Crippen LogP contribution is 2.24. The number of rotatable bonds is 9. The Morgan fingerprint density at radius 2 is 1.95 bits per heavy atom. The van der Waals surface area contributed by atoms with Crippen molar-refractivity contribution in [3.05, 3.63) is 0 Å². The average Bonchev–Trinajstić information content (AvgIpc) is 2.86. The molecule has 4 nitrogen and oxygen atoms in total. The zero-order valence-corrected chi connectivity index (χ0v) is 15.6. The molecule has 0 spiro atoms. The van der Waals surface area contributed by atoms with Crippen molar-refractivity contribution in [2.24, 2.45) is 11.7 Å². The predicted octanol–water partition coefficient (Wildman–Crippen LogP) is 2.15. The van der Waals surface area contributed by atoms with Crippen molar-refractivity contribution >= 4 is 42.5 Å². The number of amides is 1. The molecule has 0 radical (unpaired) electrons. The molecule has 2 atom stereocenters. The topological polar surface area (TPSA) is 58.4 Å². The van der Waals surface area contributed by atoms with Gasteiger partial charge in [0.15, 0.2) is 0 Å². The maximum absolute atomic E-state index is 11.9. The number of nitrogens with two attached hydrogens (primary N) is 1. The van der Waals surface area contributed by atoms with Gasteiger partial charge in [-0.15, -0.1) is 24.8 Å². The monoisotopic (exact) mass is 359 g/mol. The lowest BCUT2D eigenvalue weighted by Gasteiger charge is -2.20. The molecular formula is C14H31Cl2N3OS. The summed E-state index contributed by atoms with van der Waals surface area (Å²) in [4.78, 5) is 14.2. The van der Waals surface area contributed by atoms with Crippen LogP contribution in [-0.2, 0) is 4.79 Å². The predicted molar refractivity (Wildman–Crippen MR) is 97.9 cm³/mol. The summed E-state index contributed by atoms with van der Waals surface area (Å²) in [6, 6.07) is 0.320. The first-order valence-corrected chi connectivity index (χ1v) is 8.66. The summed E-state index contributed by atoms with van der Waals surface area (Å²) < 4.78 is 0. The molecule has 1 fully saturated rings. The Balaban J connectivity index is 0. The normalized spacial score (nSPS) is 20.8. The second-order valence-corrected chi connectivity index (χ2v) is 6.29. The van der Waals surface area contributed by atoms with E-state index in [0.29, 0.717) is 24.3 Å². The van der Waals surface area contributed by atoms with Crippen LogP contribution in [-0.4, -0.2) is 54.5 Å². The largest absolute Gasteiger partial charge is 0.352 e. The van der Waals surface area contributed by atoms with Gasteiger partial charge in [-0.1, -0.05) is 20.3 Å². The van der Waals surface area contributed by atoms with Crippen molar-refractivity contribution in [2.75, 3.05) is 37.7 Å². The summed E-state index contributed by atoms with van der Waals surface area (Å²) in [5, 5.41) is 3.14. The van der Waals surface area contributed by atoms with Crippen LogP contribution in [0.4, 0.5) is 0 Å².